The Morgan fingerprint density at radius 1 is 1.33 bits per heavy atom. The summed E-state index contributed by atoms with van der Waals surface area (Å²) < 4.78 is 37.0. The lowest BCUT2D eigenvalue weighted by atomic mass is 10.3. The van der Waals surface area contributed by atoms with Gasteiger partial charge in [-0.3, -0.25) is 4.79 Å². The Morgan fingerprint density at radius 2 is 1.87 bits per heavy atom. The molecule has 7 heteroatoms. The van der Waals surface area contributed by atoms with Crippen LogP contribution in [0.4, 0.5) is 18.9 Å². The lowest BCUT2D eigenvalue weighted by Gasteiger charge is -2.15. The molecule has 0 saturated heterocycles. The number of carbonyl (C=O) groups excluding carboxylic acids is 1. The molecule has 2 N–H and O–H groups in total. The predicted octanol–water partition coefficient (Wildman–Crippen LogP) is 1.19. The SMILES string of the molecule is O=C(N(F)c1ccccc1O)C(O)(F)F. The summed E-state index contributed by atoms with van der Waals surface area (Å²) in [5.74, 6) is -3.17. The summed E-state index contributed by atoms with van der Waals surface area (Å²) in [6.45, 7) is 0. The van der Waals surface area contributed by atoms with Crippen molar-refractivity contribution in [3.63, 3.8) is 0 Å². The number of carbonyl (C=O) groups is 1. The second kappa shape index (κ2) is 3.77. The van der Waals surface area contributed by atoms with Crippen LogP contribution >= 0.6 is 0 Å². The van der Waals surface area contributed by atoms with Crippen molar-refractivity contribution in [3.8, 4) is 5.75 Å². The lowest BCUT2D eigenvalue weighted by Crippen LogP contribution is -2.39. The van der Waals surface area contributed by atoms with E-state index in [9.17, 15) is 18.1 Å². The Bertz CT molecular complexity index is 378. The van der Waals surface area contributed by atoms with E-state index in [-0.39, 0.29) is 0 Å². The van der Waals surface area contributed by atoms with Gasteiger partial charge in [-0.1, -0.05) is 16.6 Å². The largest absolute Gasteiger partial charge is 0.506 e. The molecule has 4 nitrogen and oxygen atoms in total. The Hall–Kier alpha value is -1.76. The third-order valence-corrected chi connectivity index (χ3v) is 1.53. The Labute approximate surface area is 82.1 Å². The quantitative estimate of drug-likeness (QED) is 0.737. The van der Waals surface area contributed by atoms with E-state index in [4.69, 9.17) is 10.2 Å². The Balaban J connectivity index is 3.01. The van der Waals surface area contributed by atoms with Gasteiger partial charge in [-0.2, -0.15) is 8.78 Å². The molecule has 1 rings (SSSR count). The van der Waals surface area contributed by atoms with Gasteiger partial charge in [-0.15, -0.1) is 5.12 Å². The number of hydrogen-bond donors (Lipinski definition) is 2. The van der Waals surface area contributed by atoms with Gasteiger partial charge in [0.05, 0.1) is 0 Å². The minimum atomic E-state index is -4.82. The number of nitrogens with zero attached hydrogens (tertiary/aromatic N) is 1. The second-order valence-corrected chi connectivity index (χ2v) is 2.62. The topological polar surface area (TPSA) is 60.8 Å². The van der Waals surface area contributed by atoms with Crippen molar-refractivity contribution >= 4 is 11.6 Å². The first-order valence-electron chi connectivity index (χ1n) is 3.72. The van der Waals surface area contributed by atoms with Crippen molar-refractivity contribution in [1.29, 1.82) is 0 Å². The van der Waals surface area contributed by atoms with Crippen molar-refractivity contribution in [2.45, 2.75) is 6.11 Å². The minimum absolute atomic E-state index is 0.697. The maximum Gasteiger partial charge on any atom is 0.437 e. The molecule has 0 aromatic heterocycles. The second-order valence-electron chi connectivity index (χ2n) is 2.62. The van der Waals surface area contributed by atoms with Crippen molar-refractivity contribution in [1.82, 2.24) is 0 Å². The van der Waals surface area contributed by atoms with Crippen LogP contribution in [0.25, 0.3) is 0 Å². The van der Waals surface area contributed by atoms with Gasteiger partial charge >= 0.3 is 12.0 Å². The zero-order chi connectivity index (χ0) is 11.6. The van der Waals surface area contributed by atoms with Crippen LogP contribution in [0.3, 0.4) is 0 Å². The summed E-state index contributed by atoms with van der Waals surface area (Å²) >= 11 is 0. The zero-order valence-electron chi connectivity index (χ0n) is 7.19. The smallest absolute Gasteiger partial charge is 0.437 e. The van der Waals surface area contributed by atoms with E-state index in [1.165, 1.54) is 12.1 Å². The maximum atomic E-state index is 13.0. The molecule has 0 aliphatic heterocycles. The molecular weight excluding hydrogens is 215 g/mol. The molecule has 0 spiro atoms. The molecule has 15 heavy (non-hydrogen) atoms. The van der Waals surface area contributed by atoms with Gasteiger partial charge in [-0.25, -0.2) is 0 Å². The fourth-order valence-corrected chi connectivity index (χ4v) is 0.858. The molecule has 0 heterocycles. The highest BCUT2D eigenvalue weighted by Crippen LogP contribution is 2.29. The number of aliphatic hydroxyl groups is 1. The van der Waals surface area contributed by atoms with E-state index in [2.05, 4.69) is 0 Å². The molecule has 0 bridgehead atoms. The molecule has 1 amide bonds. The molecule has 0 radical (unpaired) electrons. The fourth-order valence-electron chi connectivity index (χ4n) is 0.858. The molecule has 0 aliphatic rings. The number of rotatable bonds is 2. The molecule has 0 unspecified atom stereocenters. The van der Waals surface area contributed by atoms with Gasteiger partial charge in [0.25, 0.3) is 0 Å². The lowest BCUT2D eigenvalue weighted by molar-refractivity contribution is -0.204. The monoisotopic (exact) mass is 221 g/mol. The van der Waals surface area contributed by atoms with Crippen molar-refractivity contribution in [2.75, 3.05) is 5.12 Å². The van der Waals surface area contributed by atoms with Crippen LogP contribution in [0, 0.1) is 0 Å². The van der Waals surface area contributed by atoms with Crippen LogP contribution in [-0.4, -0.2) is 22.2 Å². The van der Waals surface area contributed by atoms with Crippen LogP contribution in [-0.2, 0) is 4.79 Å². The number of anilines is 1. The van der Waals surface area contributed by atoms with Gasteiger partial charge in [0.15, 0.2) is 0 Å². The van der Waals surface area contributed by atoms with E-state index < -0.39 is 28.6 Å². The number of benzene rings is 1. The highest BCUT2D eigenvalue weighted by molar-refractivity contribution is 5.96. The molecule has 1 aromatic rings. The number of alkyl halides is 2. The van der Waals surface area contributed by atoms with E-state index in [0.717, 1.165) is 12.1 Å². The first-order valence-corrected chi connectivity index (χ1v) is 3.72. The summed E-state index contributed by atoms with van der Waals surface area (Å²) in [7, 11) is 0. The number of hydrogen-bond acceptors (Lipinski definition) is 3. The van der Waals surface area contributed by atoms with Crippen LogP contribution < -0.4 is 5.12 Å². The van der Waals surface area contributed by atoms with Crippen molar-refractivity contribution in [3.05, 3.63) is 24.3 Å². The molecule has 82 valence electrons. The van der Waals surface area contributed by atoms with Crippen LogP contribution in [0.2, 0.25) is 0 Å². The summed E-state index contributed by atoms with van der Waals surface area (Å²) in [6.07, 6.45) is -4.82. The summed E-state index contributed by atoms with van der Waals surface area (Å²) in [5.41, 5.74) is -0.767. The highest BCUT2D eigenvalue weighted by Gasteiger charge is 2.42. The summed E-state index contributed by atoms with van der Waals surface area (Å²) in [4.78, 5) is 10.6. The normalized spacial score (nSPS) is 11.2. The first kappa shape index (κ1) is 11.3. The molecular formula is C8H6F3NO3. The van der Waals surface area contributed by atoms with Gasteiger partial charge in [-0.05, 0) is 12.1 Å². The number of aromatic hydroxyl groups is 1. The van der Waals surface area contributed by atoms with Crippen LogP contribution in [0.1, 0.15) is 0 Å². The Morgan fingerprint density at radius 3 is 2.33 bits per heavy atom. The zero-order valence-corrected chi connectivity index (χ0v) is 7.19. The maximum absolute atomic E-state index is 13.0. The highest BCUT2D eigenvalue weighted by atomic mass is 19.3. The van der Waals surface area contributed by atoms with Crippen molar-refractivity contribution in [2.24, 2.45) is 0 Å². The predicted molar refractivity (Wildman–Crippen MR) is 43.9 cm³/mol. The molecule has 0 fully saturated rings. The number of phenols is 1. The van der Waals surface area contributed by atoms with E-state index in [0.29, 0.717) is 0 Å². The van der Waals surface area contributed by atoms with Crippen LogP contribution in [0.5, 0.6) is 5.75 Å². The van der Waals surface area contributed by atoms with Gasteiger partial charge in [0, 0.05) is 0 Å². The summed E-state index contributed by atoms with van der Waals surface area (Å²) in [6, 6.07) is 4.45. The molecule has 0 saturated carbocycles. The number of amides is 1. The van der Waals surface area contributed by atoms with E-state index >= 15 is 0 Å². The number of phenolic OH excluding ortho intramolecular Hbond substituents is 1. The fraction of sp³-hybridized carbons (Fsp3) is 0.125. The van der Waals surface area contributed by atoms with E-state index in [1.807, 2.05) is 0 Å². The summed E-state index contributed by atoms with van der Waals surface area (Å²) in [5, 5.41) is 16.0. The minimum Gasteiger partial charge on any atom is -0.506 e. The Kier molecular flexibility index (Phi) is 2.85. The average molecular weight is 221 g/mol. The van der Waals surface area contributed by atoms with E-state index in [1.54, 1.807) is 0 Å². The molecule has 0 atom stereocenters. The van der Waals surface area contributed by atoms with Gasteiger partial charge in [0.1, 0.15) is 11.4 Å². The number of halogens is 3. The third kappa shape index (κ3) is 2.38. The average Bonchev–Trinajstić information content (AvgIpc) is 2.15. The van der Waals surface area contributed by atoms with Crippen molar-refractivity contribution < 1.29 is 28.3 Å². The van der Waals surface area contributed by atoms with Gasteiger partial charge < -0.3 is 10.2 Å². The molecule has 0 aliphatic carbocycles. The first-order chi connectivity index (χ1) is 6.84. The number of para-hydroxylation sites is 2. The standard InChI is InChI=1S/C8H6F3NO3/c9-8(10,15)7(14)12(11)5-3-1-2-4-6(5)13/h1-4,13,15H. The van der Waals surface area contributed by atoms with Crippen LogP contribution in [0.15, 0.2) is 24.3 Å². The molecule has 1 aromatic carbocycles. The van der Waals surface area contributed by atoms with Gasteiger partial charge in [0.2, 0.25) is 0 Å². The third-order valence-electron chi connectivity index (χ3n) is 1.53.